The predicted octanol–water partition coefficient (Wildman–Crippen LogP) is 2.05. The molecule has 0 aliphatic heterocycles. The molecule has 0 aliphatic carbocycles. The lowest BCUT2D eigenvalue weighted by atomic mass is 10.1. The Bertz CT molecular complexity index is 650. The van der Waals surface area contributed by atoms with Crippen molar-refractivity contribution in [3.8, 4) is 0 Å². The van der Waals surface area contributed by atoms with E-state index < -0.39 is 15.8 Å². The largest absolute Gasteiger partial charge is 0.481 e. The van der Waals surface area contributed by atoms with E-state index in [-0.39, 0.29) is 35.4 Å². The van der Waals surface area contributed by atoms with Crippen LogP contribution >= 0.6 is 0 Å². The van der Waals surface area contributed by atoms with Gasteiger partial charge in [0, 0.05) is 18.7 Å². The van der Waals surface area contributed by atoms with Gasteiger partial charge in [0.25, 0.3) is 5.91 Å². The van der Waals surface area contributed by atoms with E-state index in [0.29, 0.717) is 12.1 Å². The van der Waals surface area contributed by atoms with Gasteiger partial charge in [-0.1, -0.05) is 20.8 Å². The number of hydrogen-bond acceptors (Lipinski definition) is 4. The first-order chi connectivity index (χ1) is 10.7. The topological polar surface area (TPSA) is 91.8 Å². The Morgan fingerprint density at radius 1 is 1.17 bits per heavy atom. The van der Waals surface area contributed by atoms with Crippen LogP contribution in [0.5, 0.6) is 0 Å². The van der Waals surface area contributed by atoms with E-state index in [1.165, 1.54) is 29.2 Å². The average Bonchev–Trinajstić information content (AvgIpc) is 2.50. The highest BCUT2D eigenvalue weighted by Gasteiger charge is 2.19. The number of nitrogens with zero attached hydrogens (tertiary/aromatic N) is 1. The van der Waals surface area contributed by atoms with E-state index in [1.807, 2.05) is 13.8 Å². The lowest BCUT2D eigenvalue weighted by Crippen LogP contribution is -2.36. The second kappa shape index (κ2) is 8.10. The molecular formula is C16H23NO5S. The monoisotopic (exact) mass is 341 g/mol. The molecule has 1 rings (SSSR count). The van der Waals surface area contributed by atoms with Crippen LogP contribution in [0.2, 0.25) is 0 Å². The van der Waals surface area contributed by atoms with Crippen LogP contribution < -0.4 is 0 Å². The number of carbonyl (C=O) groups is 2. The number of carboxylic acid groups (broad SMARTS) is 1. The molecule has 0 saturated heterocycles. The van der Waals surface area contributed by atoms with Crippen LogP contribution in [-0.4, -0.2) is 49.1 Å². The van der Waals surface area contributed by atoms with Gasteiger partial charge in [-0.25, -0.2) is 8.42 Å². The van der Waals surface area contributed by atoms with Gasteiger partial charge in [-0.2, -0.15) is 0 Å². The summed E-state index contributed by atoms with van der Waals surface area (Å²) in [6.45, 7) is 6.02. The average molecular weight is 341 g/mol. The fourth-order valence-corrected chi connectivity index (χ4v) is 2.99. The fraction of sp³-hybridized carbons (Fsp3) is 0.500. The molecule has 0 bridgehead atoms. The minimum Gasteiger partial charge on any atom is -0.481 e. The molecule has 0 aliphatic rings. The fourth-order valence-electron chi connectivity index (χ4n) is 2.10. The molecule has 0 spiro atoms. The predicted molar refractivity (Wildman–Crippen MR) is 87.2 cm³/mol. The Hall–Kier alpha value is -1.89. The molecule has 7 heteroatoms. The third-order valence-electron chi connectivity index (χ3n) is 3.31. The number of rotatable bonds is 8. The first-order valence-corrected chi connectivity index (χ1v) is 9.16. The summed E-state index contributed by atoms with van der Waals surface area (Å²) in [6, 6.07) is 5.77. The molecule has 6 nitrogen and oxygen atoms in total. The smallest absolute Gasteiger partial charge is 0.305 e. The zero-order valence-corrected chi connectivity index (χ0v) is 14.5. The molecule has 1 aromatic carbocycles. The number of carboxylic acids is 1. The summed E-state index contributed by atoms with van der Waals surface area (Å²) in [5.74, 6) is -1.05. The summed E-state index contributed by atoms with van der Waals surface area (Å²) in [4.78, 5) is 24.9. The summed E-state index contributed by atoms with van der Waals surface area (Å²) in [5, 5.41) is 8.80. The van der Waals surface area contributed by atoms with Crippen LogP contribution in [0.15, 0.2) is 29.2 Å². The summed E-state index contributed by atoms with van der Waals surface area (Å²) in [5.41, 5.74) is 0.353. The molecular weight excluding hydrogens is 318 g/mol. The Morgan fingerprint density at radius 2 is 1.74 bits per heavy atom. The van der Waals surface area contributed by atoms with Crippen LogP contribution in [0.1, 0.15) is 37.6 Å². The highest BCUT2D eigenvalue weighted by Crippen LogP contribution is 2.14. The lowest BCUT2D eigenvalue weighted by molar-refractivity contribution is -0.137. The van der Waals surface area contributed by atoms with Gasteiger partial charge in [-0.15, -0.1) is 0 Å². The quantitative estimate of drug-likeness (QED) is 0.781. The van der Waals surface area contributed by atoms with Crippen molar-refractivity contribution in [3.05, 3.63) is 29.8 Å². The number of benzene rings is 1. The number of sulfone groups is 1. The van der Waals surface area contributed by atoms with Crippen molar-refractivity contribution in [3.63, 3.8) is 0 Å². The highest BCUT2D eigenvalue weighted by molar-refractivity contribution is 7.91. The second-order valence-electron chi connectivity index (χ2n) is 5.72. The molecule has 0 unspecified atom stereocenters. The van der Waals surface area contributed by atoms with Gasteiger partial charge in [-0.05, 0) is 30.2 Å². The minimum atomic E-state index is -3.30. The zero-order valence-electron chi connectivity index (χ0n) is 13.7. The lowest BCUT2D eigenvalue weighted by Gasteiger charge is -2.24. The Kier molecular flexibility index (Phi) is 6.75. The van der Waals surface area contributed by atoms with Crippen LogP contribution in [0.25, 0.3) is 0 Å². The first kappa shape index (κ1) is 19.2. The van der Waals surface area contributed by atoms with Gasteiger partial charge in [0.2, 0.25) is 0 Å². The molecule has 0 fully saturated rings. The zero-order chi connectivity index (χ0) is 17.6. The molecule has 1 aromatic rings. The summed E-state index contributed by atoms with van der Waals surface area (Å²) >= 11 is 0. The van der Waals surface area contributed by atoms with Gasteiger partial charge in [0.05, 0.1) is 17.1 Å². The van der Waals surface area contributed by atoms with E-state index in [2.05, 4.69) is 0 Å². The van der Waals surface area contributed by atoms with Crippen LogP contribution in [0.3, 0.4) is 0 Å². The maximum Gasteiger partial charge on any atom is 0.305 e. The maximum atomic E-state index is 12.5. The number of aliphatic carboxylic acids is 1. The van der Waals surface area contributed by atoms with Gasteiger partial charge in [0.1, 0.15) is 0 Å². The number of amides is 1. The molecule has 0 radical (unpaired) electrons. The Balaban J connectivity index is 2.97. The summed E-state index contributed by atoms with van der Waals surface area (Å²) < 4.78 is 23.6. The van der Waals surface area contributed by atoms with Crippen molar-refractivity contribution >= 4 is 21.7 Å². The number of hydrogen-bond donors (Lipinski definition) is 1. The van der Waals surface area contributed by atoms with Gasteiger partial charge >= 0.3 is 5.97 Å². The van der Waals surface area contributed by atoms with Crippen molar-refractivity contribution in [2.24, 2.45) is 5.92 Å². The normalized spacial score (nSPS) is 11.5. The van der Waals surface area contributed by atoms with E-state index in [9.17, 15) is 18.0 Å². The summed E-state index contributed by atoms with van der Waals surface area (Å²) in [6.07, 6.45) is -0.124. The molecule has 1 N–H and O–H groups in total. The third kappa shape index (κ3) is 5.67. The molecule has 0 atom stereocenters. The maximum absolute atomic E-state index is 12.5. The van der Waals surface area contributed by atoms with Crippen molar-refractivity contribution in [1.29, 1.82) is 0 Å². The van der Waals surface area contributed by atoms with Crippen LogP contribution in [0, 0.1) is 5.92 Å². The SMILES string of the molecule is CCS(=O)(=O)c1ccc(C(=O)N(CCC(=O)O)CC(C)C)cc1. The molecule has 23 heavy (non-hydrogen) atoms. The van der Waals surface area contributed by atoms with E-state index in [4.69, 9.17) is 5.11 Å². The van der Waals surface area contributed by atoms with Crippen molar-refractivity contribution in [2.75, 3.05) is 18.8 Å². The third-order valence-corrected chi connectivity index (χ3v) is 5.06. The second-order valence-corrected chi connectivity index (χ2v) is 7.99. The molecule has 0 saturated carbocycles. The molecule has 0 aromatic heterocycles. The summed E-state index contributed by atoms with van der Waals surface area (Å²) in [7, 11) is -3.30. The minimum absolute atomic E-state index is 0.00161. The van der Waals surface area contributed by atoms with E-state index >= 15 is 0 Å². The van der Waals surface area contributed by atoms with Gasteiger partial charge in [0.15, 0.2) is 9.84 Å². The first-order valence-electron chi connectivity index (χ1n) is 7.51. The Morgan fingerprint density at radius 3 is 2.17 bits per heavy atom. The standard InChI is InChI=1S/C16H23NO5S/c1-4-23(21,22)14-7-5-13(6-8-14)16(20)17(11-12(2)3)10-9-15(18)19/h5-8,12H,4,9-11H2,1-3H3,(H,18,19). The molecule has 0 heterocycles. The Labute approximate surface area is 137 Å². The highest BCUT2D eigenvalue weighted by atomic mass is 32.2. The van der Waals surface area contributed by atoms with E-state index in [0.717, 1.165) is 0 Å². The molecule has 1 amide bonds. The van der Waals surface area contributed by atoms with Crippen LogP contribution in [-0.2, 0) is 14.6 Å². The van der Waals surface area contributed by atoms with E-state index in [1.54, 1.807) is 6.92 Å². The van der Waals surface area contributed by atoms with Gasteiger partial charge in [-0.3, -0.25) is 9.59 Å². The van der Waals surface area contributed by atoms with Crippen molar-refractivity contribution < 1.29 is 23.1 Å². The van der Waals surface area contributed by atoms with Crippen molar-refractivity contribution in [1.82, 2.24) is 4.90 Å². The number of carbonyl (C=O) groups excluding carboxylic acids is 1. The van der Waals surface area contributed by atoms with Gasteiger partial charge < -0.3 is 10.0 Å². The molecule has 128 valence electrons. The van der Waals surface area contributed by atoms with Crippen LogP contribution in [0.4, 0.5) is 0 Å². The van der Waals surface area contributed by atoms with Crippen molar-refractivity contribution in [2.45, 2.75) is 32.1 Å².